The van der Waals surface area contributed by atoms with Crippen LogP contribution in [-0.4, -0.2) is 12.6 Å². The van der Waals surface area contributed by atoms with E-state index >= 15 is 0 Å². The van der Waals surface area contributed by atoms with Crippen molar-refractivity contribution in [3.63, 3.8) is 0 Å². The first-order valence-corrected chi connectivity index (χ1v) is 5.36. The zero-order chi connectivity index (χ0) is 11.9. The van der Waals surface area contributed by atoms with Gasteiger partial charge in [-0.2, -0.15) is 5.26 Å². The fourth-order valence-corrected chi connectivity index (χ4v) is 1.71. The van der Waals surface area contributed by atoms with Crippen LogP contribution < -0.4 is 0 Å². The monoisotopic (exact) mass is 209 g/mol. The van der Waals surface area contributed by atoms with Crippen molar-refractivity contribution in [3.8, 4) is 6.07 Å². The standard InChI is InChI=1S/C12H19NO2/c1-5-10(6-2)12(7-3,9-13)11(14)15-8-4/h5H,6-8H2,1-4H3. The summed E-state index contributed by atoms with van der Waals surface area (Å²) in [5, 5.41) is 9.21. The van der Waals surface area contributed by atoms with Crippen molar-refractivity contribution >= 4 is 5.97 Å². The summed E-state index contributed by atoms with van der Waals surface area (Å²) in [6.45, 7) is 7.68. The van der Waals surface area contributed by atoms with Gasteiger partial charge in [0.1, 0.15) is 0 Å². The molecule has 1 atom stereocenters. The van der Waals surface area contributed by atoms with E-state index in [4.69, 9.17) is 4.74 Å². The number of esters is 1. The molecular formula is C12H19NO2. The van der Waals surface area contributed by atoms with E-state index < -0.39 is 11.4 Å². The van der Waals surface area contributed by atoms with Gasteiger partial charge in [0.25, 0.3) is 0 Å². The van der Waals surface area contributed by atoms with Gasteiger partial charge in [0.15, 0.2) is 5.41 Å². The molecule has 84 valence electrons. The van der Waals surface area contributed by atoms with Crippen molar-refractivity contribution in [3.05, 3.63) is 11.6 Å². The van der Waals surface area contributed by atoms with E-state index in [1.165, 1.54) is 0 Å². The molecule has 0 aromatic heterocycles. The molecule has 0 N–H and O–H groups in total. The Labute approximate surface area is 91.7 Å². The van der Waals surface area contributed by atoms with Gasteiger partial charge in [-0.1, -0.05) is 19.9 Å². The molecule has 3 heteroatoms. The van der Waals surface area contributed by atoms with E-state index in [0.717, 1.165) is 5.57 Å². The van der Waals surface area contributed by atoms with Crippen molar-refractivity contribution in [2.45, 2.75) is 40.5 Å². The molecule has 0 amide bonds. The minimum Gasteiger partial charge on any atom is -0.465 e. The highest BCUT2D eigenvalue weighted by molar-refractivity contribution is 5.83. The Bertz CT molecular complexity index is 288. The highest BCUT2D eigenvalue weighted by Crippen LogP contribution is 2.34. The molecule has 0 aliphatic carbocycles. The number of carbonyl (C=O) groups excluding carboxylic acids is 1. The van der Waals surface area contributed by atoms with Crippen molar-refractivity contribution in [2.24, 2.45) is 5.41 Å². The Hall–Kier alpha value is -1.30. The summed E-state index contributed by atoms with van der Waals surface area (Å²) in [4.78, 5) is 11.8. The van der Waals surface area contributed by atoms with Crippen molar-refractivity contribution in [2.75, 3.05) is 6.61 Å². The molecule has 0 aromatic rings. The summed E-state index contributed by atoms with van der Waals surface area (Å²) < 4.78 is 4.97. The summed E-state index contributed by atoms with van der Waals surface area (Å²) in [6, 6.07) is 2.11. The number of ether oxygens (including phenoxy) is 1. The average Bonchev–Trinajstić information content (AvgIpc) is 2.26. The van der Waals surface area contributed by atoms with Gasteiger partial charge in [0.2, 0.25) is 0 Å². The first kappa shape index (κ1) is 13.7. The maximum absolute atomic E-state index is 11.8. The Kier molecular flexibility index (Phi) is 5.69. The smallest absolute Gasteiger partial charge is 0.330 e. The van der Waals surface area contributed by atoms with Gasteiger partial charge in [-0.05, 0) is 32.3 Å². The number of nitrogens with zero attached hydrogens (tertiary/aromatic N) is 1. The lowest BCUT2D eigenvalue weighted by Crippen LogP contribution is -2.33. The minimum absolute atomic E-state index is 0.309. The van der Waals surface area contributed by atoms with Crippen LogP contribution >= 0.6 is 0 Å². The van der Waals surface area contributed by atoms with E-state index in [-0.39, 0.29) is 0 Å². The van der Waals surface area contributed by atoms with Gasteiger partial charge < -0.3 is 4.74 Å². The fourth-order valence-electron chi connectivity index (χ4n) is 1.71. The topological polar surface area (TPSA) is 50.1 Å². The lowest BCUT2D eigenvalue weighted by molar-refractivity contribution is -0.150. The van der Waals surface area contributed by atoms with Gasteiger partial charge in [-0.25, -0.2) is 4.79 Å². The van der Waals surface area contributed by atoms with E-state index in [9.17, 15) is 10.1 Å². The molecule has 0 fully saturated rings. The summed E-state index contributed by atoms with van der Waals surface area (Å²) in [7, 11) is 0. The van der Waals surface area contributed by atoms with Gasteiger partial charge >= 0.3 is 5.97 Å². The predicted molar refractivity (Wildman–Crippen MR) is 59.0 cm³/mol. The molecule has 0 bridgehead atoms. The normalized spacial score (nSPS) is 15.3. The van der Waals surface area contributed by atoms with Crippen molar-refractivity contribution in [1.82, 2.24) is 0 Å². The Morgan fingerprint density at radius 2 is 2.07 bits per heavy atom. The molecule has 0 radical (unpaired) electrons. The molecule has 0 rings (SSSR count). The first-order chi connectivity index (χ1) is 7.12. The van der Waals surface area contributed by atoms with Gasteiger partial charge in [0.05, 0.1) is 12.7 Å². The van der Waals surface area contributed by atoms with E-state index in [1.54, 1.807) is 6.92 Å². The Morgan fingerprint density at radius 3 is 2.33 bits per heavy atom. The molecule has 0 heterocycles. The lowest BCUT2D eigenvalue weighted by atomic mass is 9.77. The maximum Gasteiger partial charge on any atom is 0.330 e. The zero-order valence-electron chi connectivity index (χ0n) is 9.96. The fraction of sp³-hybridized carbons (Fsp3) is 0.667. The molecule has 0 saturated carbocycles. The van der Waals surface area contributed by atoms with Gasteiger partial charge in [-0.15, -0.1) is 0 Å². The second-order valence-corrected chi connectivity index (χ2v) is 3.26. The molecular weight excluding hydrogens is 190 g/mol. The number of hydrogen-bond acceptors (Lipinski definition) is 3. The minimum atomic E-state index is -1.08. The Balaban J connectivity index is 5.24. The van der Waals surface area contributed by atoms with Gasteiger partial charge in [-0.3, -0.25) is 0 Å². The molecule has 15 heavy (non-hydrogen) atoms. The van der Waals surface area contributed by atoms with E-state index in [1.807, 2.05) is 26.8 Å². The van der Waals surface area contributed by atoms with Crippen LogP contribution in [0.25, 0.3) is 0 Å². The van der Waals surface area contributed by atoms with E-state index in [2.05, 4.69) is 6.07 Å². The summed E-state index contributed by atoms with van der Waals surface area (Å²) >= 11 is 0. The summed E-state index contributed by atoms with van der Waals surface area (Å²) in [5.74, 6) is -0.426. The van der Waals surface area contributed by atoms with Crippen molar-refractivity contribution < 1.29 is 9.53 Å². The largest absolute Gasteiger partial charge is 0.465 e. The van der Waals surface area contributed by atoms with Crippen LogP contribution in [0.15, 0.2) is 11.6 Å². The molecule has 1 unspecified atom stereocenters. The number of carbonyl (C=O) groups is 1. The van der Waals surface area contributed by atoms with Crippen LogP contribution in [0.2, 0.25) is 0 Å². The summed E-state index contributed by atoms with van der Waals surface area (Å²) in [6.07, 6.45) is 2.98. The van der Waals surface area contributed by atoms with Crippen LogP contribution in [0, 0.1) is 16.7 Å². The SMILES string of the molecule is CC=C(CC)C(C#N)(CC)C(=O)OCC. The highest BCUT2D eigenvalue weighted by atomic mass is 16.5. The third-order valence-corrected chi connectivity index (χ3v) is 2.62. The van der Waals surface area contributed by atoms with Crippen LogP contribution in [0.3, 0.4) is 0 Å². The number of rotatable bonds is 5. The summed E-state index contributed by atoms with van der Waals surface area (Å²) in [5.41, 5.74) is -0.245. The zero-order valence-corrected chi connectivity index (χ0v) is 9.96. The highest BCUT2D eigenvalue weighted by Gasteiger charge is 2.41. The van der Waals surface area contributed by atoms with E-state index in [0.29, 0.717) is 19.4 Å². The molecule has 0 aliphatic heterocycles. The number of hydrogen-bond donors (Lipinski definition) is 0. The van der Waals surface area contributed by atoms with Crippen LogP contribution in [0.4, 0.5) is 0 Å². The molecule has 0 spiro atoms. The van der Waals surface area contributed by atoms with Crippen molar-refractivity contribution in [1.29, 1.82) is 5.26 Å². The molecule has 0 aliphatic rings. The third-order valence-electron chi connectivity index (χ3n) is 2.62. The molecule has 0 saturated heterocycles. The molecule has 0 aromatic carbocycles. The van der Waals surface area contributed by atoms with Crippen LogP contribution in [-0.2, 0) is 9.53 Å². The Morgan fingerprint density at radius 1 is 1.47 bits per heavy atom. The number of allylic oxidation sites excluding steroid dienone is 1. The second-order valence-electron chi connectivity index (χ2n) is 3.26. The van der Waals surface area contributed by atoms with Crippen LogP contribution in [0.1, 0.15) is 40.5 Å². The lowest BCUT2D eigenvalue weighted by Gasteiger charge is -2.25. The molecule has 3 nitrogen and oxygen atoms in total. The van der Waals surface area contributed by atoms with Gasteiger partial charge in [0, 0.05) is 0 Å². The third kappa shape index (κ3) is 2.59. The average molecular weight is 209 g/mol. The number of nitriles is 1. The maximum atomic E-state index is 11.8. The first-order valence-electron chi connectivity index (χ1n) is 5.36. The quantitative estimate of drug-likeness (QED) is 0.516. The predicted octanol–water partition coefficient (Wildman–Crippen LogP) is 2.83. The van der Waals surface area contributed by atoms with Crippen LogP contribution in [0.5, 0.6) is 0 Å². The second kappa shape index (κ2) is 6.23.